The summed E-state index contributed by atoms with van der Waals surface area (Å²) < 4.78 is 7.35. The Bertz CT molecular complexity index is 840. The van der Waals surface area contributed by atoms with Crippen LogP contribution in [0.15, 0.2) is 24.4 Å². The number of hydrogen-bond donors (Lipinski definition) is 2. The van der Waals surface area contributed by atoms with E-state index in [0.29, 0.717) is 18.8 Å². The Morgan fingerprint density at radius 1 is 1.33 bits per heavy atom. The summed E-state index contributed by atoms with van der Waals surface area (Å²) in [5.41, 5.74) is 3.75. The minimum absolute atomic E-state index is 0.0576. The molecule has 1 aromatic carbocycles. The third-order valence-corrected chi connectivity index (χ3v) is 5.49. The Morgan fingerprint density at radius 3 is 3.07 bits per heavy atom. The van der Waals surface area contributed by atoms with Gasteiger partial charge in [-0.25, -0.2) is 4.68 Å². The van der Waals surface area contributed by atoms with E-state index in [0.717, 1.165) is 37.9 Å². The van der Waals surface area contributed by atoms with Crippen LogP contribution in [0.5, 0.6) is 0 Å². The molecule has 1 amide bonds. The maximum atomic E-state index is 12.7. The molecule has 0 spiro atoms. The van der Waals surface area contributed by atoms with Gasteiger partial charge in [0.15, 0.2) is 5.69 Å². The van der Waals surface area contributed by atoms with Crippen molar-refractivity contribution in [3.63, 3.8) is 0 Å². The molecular weight excluding hydrogens is 344 g/mol. The van der Waals surface area contributed by atoms with Gasteiger partial charge in [-0.3, -0.25) is 9.69 Å². The number of carbonyl (C=O) groups is 1. The van der Waals surface area contributed by atoms with E-state index in [-0.39, 0.29) is 12.0 Å². The van der Waals surface area contributed by atoms with E-state index in [2.05, 4.69) is 31.9 Å². The SMILES string of the molecule is O=C(Nc1cccc2c1CN(C1CC1)C2)c1cn(CC2CNCCO2)nn1. The first kappa shape index (κ1) is 16.9. The third-order valence-electron chi connectivity index (χ3n) is 5.49. The number of fused-ring (bicyclic) bond motifs is 1. The van der Waals surface area contributed by atoms with Gasteiger partial charge in [-0.05, 0) is 30.0 Å². The Morgan fingerprint density at radius 2 is 2.26 bits per heavy atom. The van der Waals surface area contributed by atoms with Crippen molar-refractivity contribution in [3.05, 3.63) is 41.2 Å². The normalized spacial score (nSPS) is 22.6. The van der Waals surface area contributed by atoms with Gasteiger partial charge in [0.1, 0.15) is 0 Å². The van der Waals surface area contributed by atoms with Gasteiger partial charge in [-0.15, -0.1) is 5.10 Å². The van der Waals surface area contributed by atoms with E-state index >= 15 is 0 Å². The average molecular weight is 368 g/mol. The zero-order valence-electron chi connectivity index (χ0n) is 15.2. The van der Waals surface area contributed by atoms with E-state index in [9.17, 15) is 4.79 Å². The Hall–Kier alpha value is -2.29. The highest BCUT2D eigenvalue weighted by Gasteiger charge is 2.34. The van der Waals surface area contributed by atoms with Gasteiger partial charge in [0, 0.05) is 37.9 Å². The molecule has 8 heteroatoms. The molecule has 1 atom stereocenters. The van der Waals surface area contributed by atoms with E-state index in [4.69, 9.17) is 4.74 Å². The van der Waals surface area contributed by atoms with Gasteiger partial charge in [-0.2, -0.15) is 0 Å². The number of ether oxygens (including phenoxy) is 1. The molecular formula is C19H24N6O2. The van der Waals surface area contributed by atoms with Crippen molar-refractivity contribution in [1.82, 2.24) is 25.2 Å². The molecule has 2 N–H and O–H groups in total. The van der Waals surface area contributed by atoms with Gasteiger partial charge in [0.2, 0.25) is 0 Å². The van der Waals surface area contributed by atoms with E-state index in [1.807, 2.05) is 12.1 Å². The summed E-state index contributed by atoms with van der Waals surface area (Å²) in [6.07, 6.45) is 4.33. The van der Waals surface area contributed by atoms with Crippen molar-refractivity contribution in [2.45, 2.75) is 44.6 Å². The lowest BCUT2D eigenvalue weighted by Gasteiger charge is -2.23. The van der Waals surface area contributed by atoms with Crippen LogP contribution in [0.3, 0.4) is 0 Å². The Labute approximate surface area is 157 Å². The lowest BCUT2D eigenvalue weighted by molar-refractivity contribution is 0.0158. The highest BCUT2D eigenvalue weighted by molar-refractivity contribution is 6.03. The molecule has 1 saturated heterocycles. The lowest BCUT2D eigenvalue weighted by Crippen LogP contribution is -2.40. The summed E-state index contributed by atoms with van der Waals surface area (Å²) in [7, 11) is 0. The molecule has 0 bridgehead atoms. The third kappa shape index (κ3) is 3.60. The molecule has 1 saturated carbocycles. The number of aromatic nitrogens is 3. The smallest absolute Gasteiger partial charge is 0.277 e. The minimum Gasteiger partial charge on any atom is -0.374 e. The second-order valence-electron chi connectivity index (χ2n) is 7.56. The first-order valence-electron chi connectivity index (χ1n) is 9.65. The fourth-order valence-corrected chi connectivity index (χ4v) is 3.89. The van der Waals surface area contributed by atoms with E-state index < -0.39 is 0 Å². The summed E-state index contributed by atoms with van der Waals surface area (Å²) in [5.74, 6) is -0.220. The quantitative estimate of drug-likeness (QED) is 0.819. The van der Waals surface area contributed by atoms with E-state index in [1.165, 1.54) is 24.0 Å². The van der Waals surface area contributed by atoms with Gasteiger partial charge in [0.05, 0.1) is 25.5 Å². The van der Waals surface area contributed by atoms with Crippen molar-refractivity contribution in [2.24, 2.45) is 0 Å². The standard InChI is InChI=1S/C19H24N6O2/c26-19(18-12-25(23-22-18)10-15-8-20-6-7-27-15)21-17-3-1-2-13-9-24(11-16(13)17)14-4-5-14/h1-3,12,14-15,20H,4-11H2,(H,21,26). The molecule has 27 heavy (non-hydrogen) atoms. The highest BCUT2D eigenvalue weighted by Crippen LogP contribution is 2.37. The summed E-state index contributed by atoms with van der Waals surface area (Å²) in [6, 6.07) is 6.85. The summed E-state index contributed by atoms with van der Waals surface area (Å²) in [6.45, 7) is 4.84. The van der Waals surface area contributed by atoms with Crippen molar-refractivity contribution in [3.8, 4) is 0 Å². The van der Waals surface area contributed by atoms with Crippen molar-refractivity contribution >= 4 is 11.6 Å². The summed E-state index contributed by atoms with van der Waals surface area (Å²) in [5, 5.41) is 14.4. The van der Waals surface area contributed by atoms with E-state index in [1.54, 1.807) is 10.9 Å². The van der Waals surface area contributed by atoms with Crippen LogP contribution < -0.4 is 10.6 Å². The number of hydrogen-bond acceptors (Lipinski definition) is 6. The van der Waals surface area contributed by atoms with Gasteiger partial charge in [0.25, 0.3) is 5.91 Å². The number of carbonyl (C=O) groups excluding carboxylic acids is 1. The number of benzene rings is 1. The molecule has 1 aliphatic carbocycles. The second kappa shape index (κ2) is 7.03. The van der Waals surface area contributed by atoms with Crippen LogP contribution in [0.25, 0.3) is 0 Å². The van der Waals surface area contributed by atoms with Crippen LogP contribution in [-0.2, 0) is 24.4 Å². The molecule has 8 nitrogen and oxygen atoms in total. The molecule has 5 rings (SSSR count). The highest BCUT2D eigenvalue weighted by atomic mass is 16.5. The van der Waals surface area contributed by atoms with Gasteiger partial charge < -0.3 is 15.4 Å². The van der Waals surface area contributed by atoms with Crippen LogP contribution in [-0.4, -0.2) is 57.6 Å². The number of morpholine rings is 1. The van der Waals surface area contributed by atoms with Crippen LogP contribution >= 0.6 is 0 Å². The van der Waals surface area contributed by atoms with Gasteiger partial charge in [-0.1, -0.05) is 17.3 Å². The van der Waals surface area contributed by atoms with Crippen molar-refractivity contribution < 1.29 is 9.53 Å². The van der Waals surface area contributed by atoms with Crippen LogP contribution in [0.2, 0.25) is 0 Å². The topological polar surface area (TPSA) is 84.3 Å². The molecule has 2 aliphatic heterocycles. The fourth-order valence-electron chi connectivity index (χ4n) is 3.89. The Kier molecular flexibility index (Phi) is 4.39. The zero-order chi connectivity index (χ0) is 18.2. The maximum Gasteiger partial charge on any atom is 0.277 e. The summed E-state index contributed by atoms with van der Waals surface area (Å²) in [4.78, 5) is 15.2. The molecule has 0 radical (unpaired) electrons. The van der Waals surface area contributed by atoms with Crippen molar-refractivity contribution in [2.75, 3.05) is 25.0 Å². The first-order chi connectivity index (χ1) is 13.3. The Balaban J connectivity index is 1.26. The molecule has 2 fully saturated rings. The van der Waals surface area contributed by atoms with Gasteiger partial charge >= 0.3 is 0 Å². The number of amides is 1. The van der Waals surface area contributed by atoms with Crippen LogP contribution in [0.4, 0.5) is 5.69 Å². The number of nitrogens with zero attached hydrogens (tertiary/aromatic N) is 4. The molecule has 2 aromatic rings. The fraction of sp³-hybridized carbons (Fsp3) is 0.526. The number of nitrogens with one attached hydrogen (secondary N) is 2. The van der Waals surface area contributed by atoms with Crippen LogP contribution in [0.1, 0.15) is 34.5 Å². The molecule has 142 valence electrons. The van der Waals surface area contributed by atoms with Crippen LogP contribution in [0, 0.1) is 0 Å². The number of anilines is 1. The predicted molar refractivity (Wildman–Crippen MR) is 99.3 cm³/mol. The summed E-state index contributed by atoms with van der Waals surface area (Å²) >= 11 is 0. The maximum absolute atomic E-state index is 12.7. The molecule has 1 unspecified atom stereocenters. The largest absolute Gasteiger partial charge is 0.374 e. The number of rotatable bonds is 5. The minimum atomic E-state index is -0.220. The molecule has 1 aromatic heterocycles. The second-order valence-corrected chi connectivity index (χ2v) is 7.56. The van der Waals surface area contributed by atoms with Crippen molar-refractivity contribution in [1.29, 1.82) is 0 Å². The zero-order valence-corrected chi connectivity index (χ0v) is 15.2. The lowest BCUT2D eigenvalue weighted by atomic mass is 10.1. The molecule has 3 aliphatic rings. The molecule has 3 heterocycles. The monoisotopic (exact) mass is 368 g/mol. The first-order valence-corrected chi connectivity index (χ1v) is 9.65. The predicted octanol–water partition coefficient (Wildman–Crippen LogP) is 0.997. The average Bonchev–Trinajstić information content (AvgIpc) is 3.27.